The molecule has 0 aromatic heterocycles. The molecule has 1 atom stereocenters. The van der Waals surface area contributed by atoms with Crippen LogP contribution in [0.25, 0.3) is 0 Å². The summed E-state index contributed by atoms with van der Waals surface area (Å²) >= 11 is 1.92. The lowest BCUT2D eigenvalue weighted by Crippen LogP contribution is -2.22. The zero-order valence-corrected chi connectivity index (χ0v) is 13.4. The molecule has 2 N–H and O–H groups in total. The van der Waals surface area contributed by atoms with Crippen molar-refractivity contribution < 1.29 is 9.84 Å². The van der Waals surface area contributed by atoms with Crippen LogP contribution in [-0.2, 0) is 0 Å². The molecule has 0 heterocycles. The summed E-state index contributed by atoms with van der Waals surface area (Å²) in [6.45, 7) is 1.59. The predicted molar refractivity (Wildman–Crippen MR) is 87.7 cm³/mol. The van der Waals surface area contributed by atoms with Crippen LogP contribution < -0.4 is 10.1 Å². The number of thioether (sulfide) groups is 1. The van der Waals surface area contributed by atoms with Gasteiger partial charge in [0, 0.05) is 6.54 Å². The van der Waals surface area contributed by atoms with E-state index in [1.807, 2.05) is 36.0 Å². The molecule has 0 aliphatic heterocycles. The first-order valence-electron chi connectivity index (χ1n) is 7.29. The van der Waals surface area contributed by atoms with Gasteiger partial charge in [-0.15, -0.1) is 0 Å². The molecule has 0 spiro atoms. The van der Waals surface area contributed by atoms with E-state index in [2.05, 4.69) is 11.6 Å². The van der Waals surface area contributed by atoms with Gasteiger partial charge in [0.1, 0.15) is 5.75 Å². The molecule has 0 aliphatic rings. The maximum absolute atomic E-state index is 10.1. The number of hydrogen-bond donors (Lipinski definition) is 2. The smallest absolute Gasteiger partial charge is 0.118 e. The molecule has 1 rings (SSSR count). The van der Waals surface area contributed by atoms with Gasteiger partial charge < -0.3 is 15.2 Å². The number of benzene rings is 1. The topological polar surface area (TPSA) is 41.5 Å². The van der Waals surface area contributed by atoms with Crippen LogP contribution in [0, 0.1) is 0 Å². The third-order valence-electron chi connectivity index (χ3n) is 3.29. The van der Waals surface area contributed by atoms with E-state index in [1.165, 1.54) is 31.4 Å². The fourth-order valence-corrected chi connectivity index (χ4v) is 2.53. The second-order valence-corrected chi connectivity index (χ2v) is 5.89. The minimum atomic E-state index is -0.447. The predicted octanol–water partition coefficient (Wildman–Crippen LogP) is 3.24. The van der Waals surface area contributed by atoms with Gasteiger partial charge >= 0.3 is 0 Å². The third kappa shape index (κ3) is 7.17. The largest absolute Gasteiger partial charge is 0.497 e. The molecule has 20 heavy (non-hydrogen) atoms. The molecular weight excluding hydrogens is 270 g/mol. The Morgan fingerprint density at radius 2 is 1.85 bits per heavy atom. The van der Waals surface area contributed by atoms with Crippen molar-refractivity contribution in [3.05, 3.63) is 29.8 Å². The SMILES string of the molecule is COc1ccc(C(O)CNCCCCCCSC)cc1. The van der Waals surface area contributed by atoms with Gasteiger partial charge in [-0.05, 0) is 49.1 Å². The first-order chi connectivity index (χ1) is 9.77. The minimum Gasteiger partial charge on any atom is -0.497 e. The molecule has 1 aromatic carbocycles. The van der Waals surface area contributed by atoms with Crippen molar-refractivity contribution >= 4 is 11.8 Å². The van der Waals surface area contributed by atoms with Gasteiger partial charge in [-0.1, -0.05) is 25.0 Å². The van der Waals surface area contributed by atoms with E-state index in [1.54, 1.807) is 7.11 Å². The van der Waals surface area contributed by atoms with Crippen molar-refractivity contribution in [2.24, 2.45) is 0 Å². The summed E-state index contributed by atoms with van der Waals surface area (Å²) in [4.78, 5) is 0. The van der Waals surface area contributed by atoms with Crippen LogP contribution >= 0.6 is 11.8 Å². The van der Waals surface area contributed by atoms with Crippen molar-refractivity contribution in [1.29, 1.82) is 0 Å². The molecule has 0 saturated carbocycles. The van der Waals surface area contributed by atoms with Crippen LogP contribution in [0.2, 0.25) is 0 Å². The Labute approximate surface area is 127 Å². The summed E-state index contributed by atoms with van der Waals surface area (Å²) in [5, 5.41) is 13.4. The van der Waals surface area contributed by atoms with Gasteiger partial charge in [0.15, 0.2) is 0 Å². The molecule has 0 radical (unpaired) electrons. The second kappa shape index (κ2) is 11.0. The zero-order chi connectivity index (χ0) is 14.6. The highest BCUT2D eigenvalue weighted by Crippen LogP contribution is 2.16. The van der Waals surface area contributed by atoms with E-state index in [0.29, 0.717) is 6.54 Å². The molecule has 0 aliphatic carbocycles. The summed E-state index contributed by atoms with van der Waals surface area (Å²) in [6, 6.07) is 7.58. The van der Waals surface area contributed by atoms with Crippen molar-refractivity contribution in [2.45, 2.75) is 31.8 Å². The van der Waals surface area contributed by atoms with Gasteiger partial charge in [-0.3, -0.25) is 0 Å². The second-order valence-electron chi connectivity index (χ2n) is 4.90. The van der Waals surface area contributed by atoms with Crippen molar-refractivity contribution in [3.63, 3.8) is 0 Å². The molecule has 3 nitrogen and oxygen atoms in total. The Morgan fingerprint density at radius 3 is 2.50 bits per heavy atom. The molecule has 0 amide bonds. The van der Waals surface area contributed by atoms with Gasteiger partial charge in [-0.25, -0.2) is 0 Å². The van der Waals surface area contributed by atoms with Crippen LogP contribution in [0.5, 0.6) is 5.75 Å². The highest BCUT2D eigenvalue weighted by atomic mass is 32.2. The number of ether oxygens (including phenoxy) is 1. The van der Waals surface area contributed by atoms with Gasteiger partial charge in [0.25, 0.3) is 0 Å². The van der Waals surface area contributed by atoms with Crippen LogP contribution in [0.4, 0.5) is 0 Å². The lowest BCUT2D eigenvalue weighted by Gasteiger charge is -2.12. The van der Waals surface area contributed by atoms with E-state index >= 15 is 0 Å². The number of rotatable bonds is 11. The average Bonchev–Trinajstić information content (AvgIpc) is 2.50. The van der Waals surface area contributed by atoms with Crippen LogP contribution in [0.15, 0.2) is 24.3 Å². The number of aliphatic hydroxyl groups excluding tert-OH is 1. The molecule has 1 aromatic rings. The average molecular weight is 297 g/mol. The van der Waals surface area contributed by atoms with E-state index in [9.17, 15) is 5.11 Å². The molecule has 1 unspecified atom stereocenters. The molecule has 4 heteroatoms. The van der Waals surface area contributed by atoms with E-state index in [-0.39, 0.29) is 0 Å². The van der Waals surface area contributed by atoms with Gasteiger partial charge in [-0.2, -0.15) is 11.8 Å². The Hall–Kier alpha value is -0.710. The number of nitrogens with one attached hydrogen (secondary N) is 1. The summed E-state index contributed by atoms with van der Waals surface area (Å²) in [5.41, 5.74) is 0.929. The van der Waals surface area contributed by atoms with Crippen LogP contribution in [0.1, 0.15) is 37.4 Å². The third-order valence-corrected chi connectivity index (χ3v) is 3.99. The Bertz CT molecular complexity index is 343. The van der Waals surface area contributed by atoms with Crippen LogP contribution in [0.3, 0.4) is 0 Å². The quantitative estimate of drug-likeness (QED) is 0.615. The van der Waals surface area contributed by atoms with Crippen molar-refractivity contribution in [1.82, 2.24) is 5.32 Å². The summed E-state index contributed by atoms with van der Waals surface area (Å²) < 4.78 is 5.10. The van der Waals surface area contributed by atoms with E-state index in [0.717, 1.165) is 17.9 Å². The first-order valence-corrected chi connectivity index (χ1v) is 8.69. The fourth-order valence-electron chi connectivity index (χ4n) is 2.03. The zero-order valence-electron chi connectivity index (χ0n) is 12.6. The van der Waals surface area contributed by atoms with E-state index < -0.39 is 6.10 Å². The van der Waals surface area contributed by atoms with Gasteiger partial charge in [0.05, 0.1) is 13.2 Å². The summed E-state index contributed by atoms with van der Waals surface area (Å²) in [6.07, 6.45) is 6.79. The molecule has 114 valence electrons. The molecular formula is C16H27NO2S. The minimum absolute atomic E-state index is 0.447. The van der Waals surface area contributed by atoms with Crippen molar-refractivity contribution in [3.8, 4) is 5.75 Å². The molecule has 0 fully saturated rings. The maximum atomic E-state index is 10.1. The Balaban J connectivity index is 2.08. The number of hydrogen-bond acceptors (Lipinski definition) is 4. The van der Waals surface area contributed by atoms with E-state index in [4.69, 9.17) is 4.74 Å². The first kappa shape index (κ1) is 17.3. The standard InChI is InChI=1S/C16H27NO2S/c1-19-15-9-7-14(8-10-15)16(18)13-17-11-5-3-4-6-12-20-2/h7-10,16-18H,3-6,11-13H2,1-2H3. The number of methoxy groups -OCH3 is 1. The summed E-state index contributed by atoms with van der Waals surface area (Å²) in [5.74, 6) is 2.09. The lowest BCUT2D eigenvalue weighted by molar-refractivity contribution is 0.174. The highest BCUT2D eigenvalue weighted by molar-refractivity contribution is 7.98. The summed E-state index contributed by atoms with van der Waals surface area (Å²) in [7, 11) is 1.65. The maximum Gasteiger partial charge on any atom is 0.118 e. The van der Waals surface area contributed by atoms with Crippen molar-refractivity contribution in [2.75, 3.05) is 32.2 Å². The number of aliphatic hydroxyl groups is 1. The Kier molecular flexibility index (Phi) is 9.54. The molecule has 0 bridgehead atoms. The Morgan fingerprint density at radius 1 is 1.15 bits per heavy atom. The monoisotopic (exact) mass is 297 g/mol. The van der Waals surface area contributed by atoms with Crippen LogP contribution in [-0.4, -0.2) is 37.3 Å². The van der Waals surface area contributed by atoms with Gasteiger partial charge in [0.2, 0.25) is 0 Å². The normalized spacial score (nSPS) is 12.3. The highest BCUT2D eigenvalue weighted by Gasteiger charge is 2.06. The fraction of sp³-hybridized carbons (Fsp3) is 0.625. The number of unbranched alkanes of at least 4 members (excludes halogenated alkanes) is 3. The molecule has 0 saturated heterocycles. The lowest BCUT2D eigenvalue weighted by atomic mass is 10.1.